The van der Waals surface area contributed by atoms with Crippen molar-refractivity contribution in [3.05, 3.63) is 65.9 Å². The molecule has 3 aromatic rings. The average molecular weight is 348 g/mol. The number of imidazole rings is 1. The number of rotatable bonds is 5. The molecule has 4 heterocycles. The van der Waals surface area contributed by atoms with Gasteiger partial charge < -0.3 is 0 Å². The fourth-order valence-electron chi connectivity index (χ4n) is 3.65. The summed E-state index contributed by atoms with van der Waals surface area (Å²) in [6.07, 6.45) is 10.9. The summed E-state index contributed by atoms with van der Waals surface area (Å²) < 4.78 is 2.08. The predicted molar refractivity (Wildman–Crippen MR) is 99.9 cm³/mol. The minimum Gasteiger partial charge on any atom is -0.290 e. The van der Waals surface area contributed by atoms with E-state index in [9.17, 15) is 0 Å². The van der Waals surface area contributed by atoms with Crippen molar-refractivity contribution in [2.45, 2.75) is 45.7 Å². The van der Waals surface area contributed by atoms with Crippen LogP contribution in [0.3, 0.4) is 0 Å². The first-order chi connectivity index (χ1) is 12.7. The van der Waals surface area contributed by atoms with E-state index in [2.05, 4.69) is 49.5 Å². The van der Waals surface area contributed by atoms with Crippen LogP contribution in [-0.4, -0.2) is 35.9 Å². The fourth-order valence-corrected chi connectivity index (χ4v) is 3.65. The maximum atomic E-state index is 4.96. The maximum absolute atomic E-state index is 4.96. The summed E-state index contributed by atoms with van der Waals surface area (Å²) in [5.41, 5.74) is 2.28. The Balaban J connectivity index is 1.58. The number of aryl methyl sites for hydroxylation is 2. The van der Waals surface area contributed by atoms with E-state index in [1.54, 1.807) is 0 Å². The minimum absolute atomic E-state index is 0.338. The Hall–Kier alpha value is -2.60. The molecule has 3 aromatic heterocycles. The highest BCUT2D eigenvalue weighted by Gasteiger charge is 2.27. The number of likely N-dealkylation sites (tertiary alicyclic amines) is 1. The topological polar surface area (TPSA) is 59.7 Å². The summed E-state index contributed by atoms with van der Waals surface area (Å²) >= 11 is 0. The van der Waals surface area contributed by atoms with Gasteiger partial charge in [-0.1, -0.05) is 13.0 Å². The Kier molecular flexibility index (Phi) is 4.75. The quantitative estimate of drug-likeness (QED) is 0.708. The number of nitrogens with zero attached hydrogens (tertiary/aromatic N) is 6. The molecule has 1 unspecified atom stereocenters. The van der Waals surface area contributed by atoms with E-state index in [-0.39, 0.29) is 0 Å². The van der Waals surface area contributed by atoms with Crippen molar-refractivity contribution < 1.29 is 0 Å². The van der Waals surface area contributed by atoms with Crippen LogP contribution in [0.2, 0.25) is 0 Å². The number of aromatic nitrogens is 5. The second-order valence-electron chi connectivity index (χ2n) is 6.75. The molecular weight excluding hydrogens is 324 g/mol. The van der Waals surface area contributed by atoms with Gasteiger partial charge >= 0.3 is 0 Å². The Morgan fingerprint density at radius 3 is 2.81 bits per heavy atom. The van der Waals surface area contributed by atoms with Gasteiger partial charge in [0.05, 0.1) is 11.7 Å². The molecule has 0 aromatic carbocycles. The number of pyridine rings is 1. The molecule has 1 fully saturated rings. The molecule has 0 spiro atoms. The monoisotopic (exact) mass is 348 g/mol. The van der Waals surface area contributed by atoms with Gasteiger partial charge in [-0.2, -0.15) is 0 Å². The van der Waals surface area contributed by atoms with E-state index in [0.717, 1.165) is 54.7 Å². The van der Waals surface area contributed by atoms with Gasteiger partial charge in [0.25, 0.3) is 0 Å². The van der Waals surface area contributed by atoms with E-state index >= 15 is 0 Å². The largest absolute Gasteiger partial charge is 0.290 e. The molecule has 134 valence electrons. The molecule has 1 saturated heterocycles. The van der Waals surface area contributed by atoms with Crippen LogP contribution in [0.4, 0.5) is 0 Å². The molecule has 6 nitrogen and oxygen atoms in total. The van der Waals surface area contributed by atoms with Crippen LogP contribution in [-0.2, 0) is 13.0 Å². The molecule has 1 atom stereocenters. The molecule has 0 amide bonds. The van der Waals surface area contributed by atoms with E-state index in [1.807, 2.05) is 31.7 Å². The smallest absolute Gasteiger partial charge is 0.138 e. The van der Waals surface area contributed by atoms with E-state index in [1.165, 1.54) is 6.42 Å². The Labute approximate surface area is 154 Å². The lowest BCUT2D eigenvalue weighted by atomic mass is 10.1. The average Bonchev–Trinajstić information content (AvgIpc) is 3.33. The van der Waals surface area contributed by atoms with Crippen molar-refractivity contribution in [1.29, 1.82) is 0 Å². The van der Waals surface area contributed by atoms with Gasteiger partial charge in [-0.3, -0.25) is 9.47 Å². The lowest BCUT2D eigenvalue weighted by Crippen LogP contribution is -2.24. The zero-order valence-electron chi connectivity index (χ0n) is 15.3. The first-order valence-electron chi connectivity index (χ1n) is 9.25. The highest BCUT2D eigenvalue weighted by atomic mass is 15.2. The van der Waals surface area contributed by atoms with Gasteiger partial charge in [0.2, 0.25) is 0 Å². The molecule has 6 heteroatoms. The van der Waals surface area contributed by atoms with Crippen LogP contribution in [0.1, 0.15) is 48.7 Å². The fraction of sp³-hybridized carbons (Fsp3) is 0.400. The highest BCUT2D eigenvalue weighted by Crippen LogP contribution is 2.32. The lowest BCUT2D eigenvalue weighted by Gasteiger charge is -2.24. The Morgan fingerprint density at radius 1 is 1.15 bits per heavy atom. The summed E-state index contributed by atoms with van der Waals surface area (Å²) in [7, 11) is 0. The summed E-state index contributed by atoms with van der Waals surface area (Å²) in [6, 6.07) is 6.63. The zero-order chi connectivity index (χ0) is 17.9. The molecule has 0 saturated carbocycles. The third-order valence-electron chi connectivity index (χ3n) is 4.96. The van der Waals surface area contributed by atoms with Crippen molar-refractivity contribution in [2.24, 2.45) is 0 Å². The molecular formula is C20H24N6. The molecule has 0 radical (unpaired) electrons. The molecule has 1 aliphatic heterocycles. The first-order valence-corrected chi connectivity index (χ1v) is 9.25. The third-order valence-corrected chi connectivity index (χ3v) is 4.96. The minimum atomic E-state index is 0.338. The summed E-state index contributed by atoms with van der Waals surface area (Å²) in [5.74, 6) is 2.80. The molecule has 26 heavy (non-hydrogen) atoms. The molecule has 4 rings (SSSR count). The molecule has 0 aliphatic carbocycles. The lowest BCUT2D eigenvalue weighted by molar-refractivity contribution is 0.244. The van der Waals surface area contributed by atoms with Crippen molar-refractivity contribution in [3.63, 3.8) is 0 Å². The maximum Gasteiger partial charge on any atom is 0.138 e. The molecule has 0 bridgehead atoms. The Morgan fingerprint density at radius 2 is 2.00 bits per heavy atom. The number of hydrogen-bond acceptors (Lipinski definition) is 5. The van der Waals surface area contributed by atoms with Gasteiger partial charge in [0.1, 0.15) is 17.5 Å². The van der Waals surface area contributed by atoms with Gasteiger partial charge in [-0.15, -0.1) is 0 Å². The van der Waals surface area contributed by atoms with Crippen LogP contribution in [0.5, 0.6) is 0 Å². The van der Waals surface area contributed by atoms with Crippen molar-refractivity contribution in [2.75, 3.05) is 6.54 Å². The van der Waals surface area contributed by atoms with E-state index < -0.39 is 0 Å². The van der Waals surface area contributed by atoms with Crippen LogP contribution in [0.15, 0.2) is 43.0 Å². The van der Waals surface area contributed by atoms with Crippen LogP contribution in [0, 0.1) is 6.92 Å². The van der Waals surface area contributed by atoms with E-state index in [0.29, 0.717) is 6.04 Å². The van der Waals surface area contributed by atoms with E-state index in [4.69, 9.17) is 4.98 Å². The predicted octanol–water partition coefficient (Wildman–Crippen LogP) is 3.27. The normalized spacial score (nSPS) is 17.7. The standard InChI is InChI=1S/C20H24N6/c1-3-19-21-9-11-26(19)20-8-4-6-17(24-20)18-7-5-10-25(18)14-16-12-22-15(2)23-13-16/h4,6,8-9,11-13,18H,3,5,7,10,14H2,1-2H3. The van der Waals surface area contributed by atoms with Crippen molar-refractivity contribution >= 4 is 0 Å². The second kappa shape index (κ2) is 7.33. The molecule has 0 N–H and O–H groups in total. The number of hydrogen-bond donors (Lipinski definition) is 0. The van der Waals surface area contributed by atoms with Crippen LogP contribution < -0.4 is 0 Å². The molecule has 1 aliphatic rings. The third kappa shape index (κ3) is 3.37. The summed E-state index contributed by atoms with van der Waals surface area (Å²) in [6.45, 7) is 5.97. The first kappa shape index (κ1) is 16.8. The second-order valence-corrected chi connectivity index (χ2v) is 6.75. The van der Waals surface area contributed by atoms with Gasteiger partial charge in [0.15, 0.2) is 0 Å². The van der Waals surface area contributed by atoms with Crippen LogP contribution >= 0.6 is 0 Å². The van der Waals surface area contributed by atoms with Gasteiger partial charge in [-0.05, 0) is 38.4 Å². The summed E-state index contributed by atoms with van der Waals surface area (Å²) in [5, 5.41) is 0. The van der Waals surface area contributed by atoms with Crippen molar-refractivity contribution in [1.82, 2.24) is 29.4 Å². The highest BCUT2D eigenvalue weighted by molar-refractivity contribution is 5.28. The zero-order valence-corrected chi connectivity index (χ0v) is 15.3. The summed E-state index contributed by atoms with van der Waals surface area (Å²) in [4.78, 5) is 20.5. The SMILES string of the molecule is CCc1nccn1-c1cccc(C2CCCN2Cc2cnc(C)nc2)n1. The Bertz CT molecular complexity index is 870. The van der Waals surface area contributed by atoms with Gasteiger partial charge in [0, 0.05) is 43.3 Å². The van der Waals surface area contributed by atoms with Crippen LogP contribution in [0.25, 0.3) is 5.82 Å². The van der Waals surface area contributed by atoms with Gasteiger partial charge in [-0.25, -0.2) is 19.9 Å². The van der Waals surface area contributed by atoms with Crippen molar-refractivity contribution in [3.8, 4) is 5.82 Å².